The summed E-state index contributed by atoms with van der Waals surface area (Å²) < 4.78 is 11.2. The number of rotatable bonds is 4. The van der Waals surface area contributed by atoms with E-state index in [0.717, 1.165) is 28.3 Å². The minimum absolute atomic E-state index is 0.0426. The van der Waals surface area contributed by atoms with Crippen molar-refractivity contribution < 1.29 is 9.47 Å². The number of aryl methyl sites for hydroxylation is 1. The fourth-order valence-corrected chi connectivity index (χ4v) is 3.42. The van der Waals surface area contributed by atoms with Gasteiger partial charge < -0.3 is 20.1 Å². The molecule has 1 aliphatic heterocycles. The Kier molecular flexibility index (Phi) is 5.44. The normalized spacial score (nSPS) is 13.5. The van der Waals surface area contributed by atoms with E-state index in [2.05, 4.69) is 54.0 Å². The van der Waals surface area contributed by atoms with E-state index in [-0.39, 0.29) is 6.04 Å². The number of benzene rings is 3. The number of anilines is 1. The Labute approximate surface area is 170 Å². The van der Waals surface area contributed by atoms with Gasteiger partial charge in [-0.3, -0.25) is 0 Å². The largest absolute Gasteiger partial charge is 0.486 e. The fraction of sp³-hybridized carbons (Fsp3) is 0.174. The lowest BCUT2D eigenvalue weighted by Crippen LogP contribution is -2.33. The molecule has 1 heterocycles. The summed E-state index contributed by atoms with van der Waals surface area (Å²) in [7, 11) is 0. The summed E-state index contributed by atoms with van der Waals surface area (Å²) in [5.41, 5.74) is 4.39. The van der Waals surface area contributed by atoms with Crippen molar-refractivity contribution in [3.05, 3.63) is 89.5 Å². The Morgan fingerprint density at radius 1 is 0.857 bits per heavy atom. The van der Waals surface area contributed by atoms with Crippen molar-refractivity contribution in [1.82, 2.24) is 5.32 Å². The average Bonchev–Trinajstić information content (AvgIpc) is 2.73. The van der Waals surface area contributed by atoms with Gasteiger partial charge >= 0.3 is 0 Å². The van der Waals surface area contributed by atoms with Crippen LogP contribution in [0.1, 0.15) is 22.7 Å². The van der Waals surface area contributed by atoms with E-state index in [1.54, 1.807) is 0 Å². The maximum absolute atomic E-state index is 5.65. The molecule has 142 valence electrons. The number of nitrogens with one attached hydrogen (secondary N) is 2. The third kappa shape index (κ3) is 4.26. The molecule has 0 fully saturated rings. The molecule has 0 saturated carbocycles. The first kappa shape index (κ1) is 18.3. The Morgan fingerprint density at radius 2 is 1.54 bits per heavy atom. The molecule has 0 bridgehead atoms. The predicted octanol–water partition coefficient (Wildman–Crippen LogP) is 4.84. The Bertz CT molecular complexity index is 958. The van der Waals surface area contributed by atoms with E-state index in [1.165, 1.54) is 5.56 Å². The standard InChI is InChI=1S/C23H22N2O2S/c1-16-7-9-18(10-8-16)22(17-5-3-2-4-6-17)25-23(28)24-19-11-12-20-21(15-19)27-14-13-26-20/h2-12,15,22H,13-14H2,1H3,(H2,24,25,28)/t22-/m0/s1. The van der Waals surface area contributed by atoms with Gasteiger partial charge in [0.1, 0.15) is 13.2 Å². The molecule has 0 unspecified atom stereocenters. The van der Waals surface area contributed by atoms with E-state index in [1.807, 2.05) is 36.4 Å². The molecule has 5 heteroatoms. The van der Waals surface area contributed by atoms with Crippen LogP contribution in [0.15, 0.2) is 72.8 Å². The maximum Gasteiger partial charge on any atom is 0.171 e. The zero-order valence-electron chi connectivity index (χ0n) is 15.6. The van der Waals surface area contributed by atoms with E-state index >= 15 is 0 Å². The summed E-state index contributed by atoms with van der Waals surface area (Å²) in [5, 5.41) is 7.25. The molecule has 0 aliphatic carbocycles. The molecule has 1 aliphatic rings. The van der Waals surface area contributed by atoms with Gasteiger partial charge in [-0.15, -0.1) is 0 Å². The van der Waals surface area contributed by atoms with Gasteiger partial charge in [-0.25, -0.2) is 0 Å². The molecule has 0 radical (unpaired) electrons. The molecule has 0 aromatic heterocycles. The number of hydrogen-bond donors (Lipinski definition) is 2. The van der Waals surface area contributed by atoms with Gasteiger partial charge in [0.25, 0.3) is 0 Å². The van der Waals surface area contributed by atoms with Gasteiger partial charge in [0, 0.05) is 11.8 Å². The topological polar surface area (TPSA) is 42.5 Å². The van der Waals surface area contributed by atoms with Crippen LogP contribution in [0.3, 0.4) is 0 Å². The molecular formula is C23H22N2O2S. The highest BCUT2D eigenvalue weighted by Crippen LogP contribution is 2.32. The average molecular weight is 391 g/mol. The van der Waals surface area contributed by atoms with Crippen molar-refractivity contribution >= 4 is 23.0 Å². The zero-order chi connectivity index (χ0) is 19.3. The van der Waals surface area contributed by atoms with Gasteiger partial charge in [-0.1, -0.05) is 60.2 Å². The Hall–Kier alpha value is -3.05. The maximum atomic E-state index is 5.65. The lowest BCUT2D eigenvalue weighted by molar-refractivity contribution is 0.171. The van der Waals surface area contributed by atoms with Crippen molar-refractivity contribution in [3.63, 3.8) is 0 Å². The van der Waals surface area contributed by atoms with Crippen LogP contribution in [0.5, 0.6) is 11.5 Å². The van der Waals surface area contributed by atoms with Crippen molar-refractivity contribution in [1.29, 1.82) is 0 Å². The number of ether oxygens (including phenoxy) is 2. The quantitative estimate of drug-likeness (QED) is 0.624. The van der Waals surface area contributed by atoms with Crippen LogP contribution in [-0.2, 0) is 0 Å². The van der Waals surface area contributed by atoms with Gasteiger partial charge in [-0.2, -0.15) is 0 Å². The van der Waals surface area contributed by atoms with Gasteiger partial charge in [0.15, 0.2) is 16.6 Å². The number of thiocarbonyl (C=S) groups is 1. The Balaban J connectivity index is 1.53. The second kappa shape index (κ2) is 8.31. The summed E-state index contributed by atoms with van der Waals surface area (Å²) in [6, 6.07) is 24.5. The van der Waals surface area contributed by atoms with Crippen molar-refractivity contribution in [2.75, 3.05) is 18.5 Å². The van der Waals surface area contributed by atoms with Crippen LogP contribution >= 0.6 is 12.2 Å². The molecule has 28 heavy (non-hydrogen) atoms. The lowest BCUT2D eigenvalue weighted by Gasteiger charge is -2.23. The highest BCUT2D eigenvalue weighted by atomic mass is 32.1. The first-order valence-electron chi connectivity index (χ1n) is 9.28. The second-order valence-corrected chi connectivity index (χ2v) is 7.12. The summed E-state index contributed by atoms with van der Waals surface area (Å²) in [5.74, 6) is 1.50. The molecule has 4 rings (SSSR count). The third-order valence-electron chi connectivity index (χ3n) is 4.62. The molecule has 0 amide bonds. The summed E-state index contributed by atoms with van der Waals surface area (Å²) in [6.45, 7) is 3.22. The smallest absolute Gasteiger partial charge is 0.171 e. The van der Waals surface area contributed by atoms with Crippen LogP contribution in [-0.4, -0.2) is 18.3 Å². The lowest BCUT2D eigenvalue weighted by atomic mass is 9.98. The molecule has 0 saturated heterocycles. The molecule has 3 aromatic rings. The van der Waals surface area contributed by atoms with Crippen LogP contribution < -0.4 is 20.1 Å². The van der Waals surface area contributed by atoms with Crippen LogP contribution in [0.25, 0.3) is 0 Å². The van der Waals surface area contributed by atoms with E-state index < -0.39 is 0 Å². The molecule has 1 atom stereocenters. The third-order valence-corrected chi connectivity index (χ3v) is 4.84. The molecule has 4 nitrogen and oxygen atoms in total. The van der Waals surface area contributed by atoms with E-state index in [9.17, 15) is 0 Å². The van der Waals surface area contributed by atoms with Crippen LogP contribution in [0.2, 0.25) is 0 Å². The van der Waals surface area contributed by atoms with Gasteiger partial charge in [0.05, 0.1) is 6.04 Å². The zero-order valence-corrected chi connectivity index (χ0v) is 16.5. The molecule has 3 aromatic carbocycles. The second-order valence-electron chi connectivity index (χ2n) is 6.71. The SMILES string of the molecule is Cc1ccc([C@@H](NC(=S)Nc2ccc3c(c2)OCCO3)c2ccccc2)cc1. The van der Waals surface area contributed by atoms with E-state index in [4.69, 9.17) is 21.7 Å². The molecular weight excluding hydrogens is 368 g/mol. The van der Waals surface area contributed by atoms with Crippen LogP contribution in [0.4, 0.5) is 5.69 Å². The van der Waals surface area contributed by atoms with Crippen LogP contribution in [0, 0.1) is 6.92 Å². The highest BCUT2D eigenvalue weighted by Gasteiger charge is 2.16. The van der Waals surface area contributed by atoms with Gasteiger partial charge in [-0.05, 0) is 42.4 Å². The minimum Gasteiger partial charge on any atom is -0.486 e. The Morgan fingerprint density at radius 3 is 2.29 bits per heavy atom. The van der Waals surface area contributed by atoms with Crippen molar-refractivity contribution in [2.24, 2.45) is 0 Å². The summed E-state index contributed by atoms with van der Waals surface area (Å²) in [4.78, 5) is 0. The van der Waals surface area contributed by atoms with Gasteiger partial charge in [0.2, 0.25) is 0 Å². The highest BCUT2D eigenvalue weighted by molar-refractivity contribution is 7.80. The first-order valence-corrected chi connectivity index (χ1v) is 9.68. The first-order chi connectivity index (χ1) is 13.7. The monoisotopic (exact) mass is 390 g/mol. The number of fused-ring (bicyclic) bond motifs is 1. The molecule has 2 N–H and O–H groups in total. The fourth-order valence-electron chi connectivity index (χ4n) is 3.18. The minimum atomic E-state index is -0.0426. The van der Waals surface area contributed by atoms with Crippen molar-refractivity contribution in [3.8, 4) is 11.5 Å². The number of hydrogen-bond acceptors (Lipinski definition) is 3. The summed E-state index contributed by atoms with van der Waals surface area (Å²) in [6.07, 6.45) is 0. The van der Waals surface area contributed by atoms with E-state index in [0.29, 0.717) is 18.3 Å². The predicted molar refractivity (Wildman–Crippen MR) is 116 cm³/mol. The summed E-state index contributed by atoms with van der Waals surface area (Å²) >= 11 is 5.60. The molecule has 0 spiro atoms. The van der Waals surface area contributed by atoms with Crippen molar-refractivity contribution in [2.45, 2.75) is 13.0 Å².